The zero-order valence-electron chi connectivity index (χ0n) is 14.1. The van der Waals surface area contributed by atoms with Gasteiger partial charge < -0.3 is 11.1 Å². The molecule has 0 unspecified atom stereocenters. The second-order valence-electron chi connectivity index (χ2n) is 6.23. The Morgan fingerprint density at radius 2 is 1.71 bits per heavy atom. The van der Waals surface area contributed by atoms with Crippen LogP contribution in [0.1, 0.15) is 25.0 Å². The van der Waals surface area contributed by atoms with Crippen LogP contribution >= 0.6 is 24.0 Å². The van der Waals surface area contributed by atoms with Crippen LogP contribution in [0.25, 0.3) is 0 Å². The Hall–Kier alpha value is -1.63. The predicted octanol–water partition coefficient (Wildman–Crippen LogP) is 3.87. The molecule has 2 rings (SSSR count). The quantitative estimate of drug-likeness (QED) is 0.406. The second kappa shape index (κ2) is 9.61. The average Bonchev–Trinajstić information content (AvgIpc) is 2.54. The van der Waals surface area contributed by atoms with Crippen LogP contribution in [0.15, 0.2) is 59.6 Å². The Morgan fingerprint density at radius 3 is 2.38 bits per heavy atom. The third-order valence-electron chi connectivity index (χ3n) is 3.81. The fraction of sp³-hybridized carbons (Fsp3) is 0.316. The Balaban J connectivity index is 0.00000288. The van der Waals surface area contributed by atoms with E-state index in [0.29, 0.717) is 18.1 Å². The maximum absolute atomic E-state index is 13.9. The van der Waals surface area contributed by atoms with Gasteiger partial charge in [0.2, 0.25) is 0 Å². The van der Waals surface area contributed by atoms with Crippen LogP contribution in [0.3, 0.4) is 0 Å². The maximum atomic E-state index is 13.9. The molecule has 0 aliphatic carbocycles. The topological polar surface area (TPSA) is 50.4 Å². The number of nitrogens with one attached hydrogen (secondary N) is 1. The van der Waals surface area contributed by atoms with Gasteiger partial charge in [-0.25, -0.2) is 4.39 Å². The van der Waals surface area contributed by atoms with Gasteiger partial charge in [-0.15, -0.1) is 24.0 Å². The summed E-state index contributed by atoms with van der Waals surface area (Å²) in [5.41, 5.74) is 7.40. The fourth-order valence-corrected chi connectivity index (χ4v) is 2.41. The van der Waals surface area contributed by atoms with Crippen molar-refractivity contribution in [3.05, 3.63) is 71.5 Å². The van der Waals surface area contributed by atoms with E-state index < -0.39 is 5.41 Å². The lowest BCUT2D eigenvalue weighted by Crippen LogP contribution is -2.35. The van der Waals surface area contributed by atoms with Crippen LogP contribution < -0.4 is 11.1 Å². The van der Waals surface area contributed by atoms with E-state index >= 15 is 0 Å². The molecule has 24 heavy (non-hydrogen) atoms. The molecule has 3 nitrogen and oxygen atoms in total. The van der Waals surface area contributed by atoms with E-state index in [-0.39, 0.29) is 29.8 Å². The molecule has 0 spiro atoms. The minimum absolute atomic E-state index is 0. The van der Waals surface area contributed by atoms with Gasteiger partial charge in [0.1, 0.15) is 5.82 Å². The molecule has 0 aromatic heterocycles. The van der Waals surface area contributed by atoms with Gasteiger partial charge in [-0.3, -0.25) is 4.99 Å². The lowest BCUT2D eigenvalue weighted by Gasteiger charge is -2.23. The number of nitrogens with two attached hydrogens (primary N) is 1. The molecule has 0 fully saturated rings. The first-order valence-electron chi connectivity index (χ1n) is 7.82. The van der Waals surface area contributed by atoms with Gasteiger partial charge in [-0.1, -0.05) is 62.4 Å². The van der Waals surface area contributed by atoms with Gasteiger partial charge in [-0.05, 0) is 23.6 Å². The van der Waals surface area contributed by atoms with Gasteiger partial charge in [-0.2, -0.15) is 0 Å². The van der Waals surface area contributed by atoms with Crippen LogP contribution in [0.4, 0.5) is 4.39 Å². The van der Waals surface area contributed by atoms with Crippen molar-refractivity contribution in [3.63, 3.8) is 0 Å². The zero-order chi connectivity index (χ0) is 16.7. The number of benzene rings is 2. The number of guanidine groups is 1. The normalized spacial score (nSPS) is 11.7. The van der Waals surface area contributed by atoms with Crippen molar-refractivity contribution in [1.29, 1.82) is 0 Å². The number of aliphatic imine (C=N–C) groups is 1. The summed E-state index contributed by atoms with van der Waals surface area (Å²) in [4.78, 5) is 4.36. The molecule has 0 radical (unpaired) electrons. The lowest BCUT2D eigenvalue weighted by atomic mass is 9.84. The average molecular weight is 441 g/mol. The molecule has 0 heterocycles. The first-order chi connectivity index (χ1) is 11.0. The molecule has 0 saturated heterocycles. The third-order valence-corrected chi connectivity index (χ3v) is 3.81. The summed E-state index contributed by atoms with van der Waals surface area (Å²) in [7, 11) is 0. The van der Waals surface area contributed by atoms with E-state index in [4.69, 9.17) is 5.73 Å². The molecule has 2 aromatic rings. The fourth-order valence-electron chi connectivity index (χ4n) is 2.41. The van der Waals surface area contributed by atoms with Gasteiger partial charge in [0, 0.05) is 12.0 Å². The van der Waals surface area contributed by atoms with Crippen molar-refractivity contribution in [2.24, 2.45) is 10.7 Å². The van der Waals surface area contributed by atoms with Gasteiger partial charge in [0.25, 0.3) is 0 Å². The Morgan fingerprint density at radius 1 is 1.08 bits per heavy atom. The molecule has 5 heteroatoms. The SMILES string of the molecule is CC(C)(CN=C(N)NCCc1ccccc1)c1ccccc1F.I. The first kappa shape index (κ1) is 20.4. The van der Waals surface area contributed by atoms with Crippen LogP contribution in [0.5, 0.6) is 0 Å². The highest BCUT2D eigenvalue weighted by atomic mass is 127. The number of rotatable bonds is 6. The number of halogens is 2. The standard InChI is InChI=1S/C19H24FN3.HI/c1-19(2,16-10-6-7-11-17(16)20)14-23-18(21)22-13-12-15-8-4-3-5-9-15;/h3-11H,12-14H2,1-2H3,(H3,21,22,23);1H. The smallest absolute Gasteiger partial charge is 0.188 e. The minimum Gasteiger partial charge on any atom is -0.370 e. The molecule has 130 valence electrons. The molecular formula is C19H25FIN3. The van der Waals surface area contributed by atoms with E-state index in [9.17, 15) is 4.39 Å². The molecule has 0 atom stereocenters. The number of hydrogen-bond acceptors (Lipinski definition) is 1. The molecule has 2 aromatic carbocycles. The van der Waals surface area contributed by atoms with Crippen molar-refractivity contribution in [3.8, 4) is 0 Å². The highest BCUT2D eigenvalue weighted by Gasteiger charge is 2.23. The molecule has 3 N–H and O–H groups in total. The van der Waals surface area contributed by atoms with Crippen LogP contribution in [0.2, 0.25) is 0 Å². The summed E-state index contributed by atoms with van der Waals surface area (Å²) in [5.74, 6) is 0.189. The highest BCUT2D eigenvalue weighted by Crippen LogP contribution is 2.25. The van der Waals surface area contributed by atoms with E-state index in [1.165, 1.54) is 11.6 Å². The Labute approximate surface area is 160 Å². The van der Waals surface area contributed by atoms with Crippen LogP contribution in [-0.2, 0) is 11.8 Å². The monoisotopic (exact) mass is 441 g/mol. The van der Waals surface area contributed by atoms with Crippen molar-refractivity contribution in [2.75, 3.05) is 13.1 Å². The van der Waals surface area contributed by atoms with Gasteiger partial charge in [0.05, 0.1) is 6.54 Å². The molecule has 0 aliphatic heterocycles. The second-order valence-corrected chi connectivity index (χ2v) is 6.23. The molecular weight excluding hydrogens is 416 g/mol. The van der Waals surface area contributed by atoms with Crippen LogP contribution in [-0.4, -0.2) is 19.0 Å². The lowest BCUT2D eigenvalue weighted by molar-refractivity contribution is 0.493. The van der Waals surface area contributed by atoms with Crippen molar-refractivity contribution in [1.82, 2.24) is 5.32 Å². The first-order valence-corrected chi connectivity index (χ1v) is 7.82. The summed E-state index contributed by atoms with van der Waals surface area (Å²) in [6.45, 7) is 5.08. The van der Waals surface area contributed by atoms with E-state index in [0.717, 1.165) is 13.0 Å². The highest BCUT2D eigenvalue weighted by molar-refractivity contribution is 14.0. The number of hydrogen-bond donors (Lipinski definition) is 2. The summed E-state index contributed by atoms with van der Waals surface area (Å²) >= 11 is 0. The largest absolute Gasteiger partial charge is 0.370 e. The maximum Gasteiger partial charge on any atom is 0.188 e. The van der Waals surface area contributed by atoms with Gasteiger partial charge in [0.15, 0.2) is 5.96 Å². The molecule has 0 aliphatic rings. The number of nitrogens with zero attached hydrogens (tertiary/aromatic N) is 1. The molecule has 0 saturated carbocycles. The Bertz CT molecular complexity index is 657. The van der Waals surface area contributed by atoms with E-state index in [1.54, 1.807) is 12.1 Å². The minimum atomic E-state index is -0.406. The Kier molecular flexibility index (Phi) is 8.18. The third kappa shape index (κ3) is 6.11. The summed E-state index contributed by atoms with van der Waals surface area (Å²) < 4.78 is 13.9. The van der Waals surface area contributed by atoms with Crippen molar-refractivity contribution >= 4 is 29.9 Å². The van der Waals surface area contributed by atoms with E-state index in [1.807, 2.05) is 38.1 Å². The summed E-state index contributed by atoms with van der Waals surface area (Å²) in [6.07, 6.45) is 0.883. The van der Waals surface area contributed by atoms with Crippen LogP contribution in [0, 0.1) is 5.82 Å². The van der Waals surface area contributed by atoms with E-state index in [2.05, 4.69) is 22.4 Å². The molecule has 0 bridgehead atoms. The summed E-state index contributed by atoms with van der Waals surface area (Å²) in [5, 5.41) is 3.10. The van der Waals surface area contributed by atoms with Gasteiger partial charge >= 0.3 is 0 Å². The zero-order valence-corrected chi connectivity index (χ0v) is 16.5. The predicted molar refractivity (Wildman–Crippen MR) is 109 cm³/mol. The van der Waals surface area contributed by atoms with Crippen molar-refractivity contribution < 1.29 is 4.39 Å². The molecule has 0 amide bonds. The van der Waals surface area contributed by atoms with Crippen molar-refractivity contribution in [2.45, 2.75) is 25.7 Å². The summed E-state index contributed by atoms with van der Waals surface area (Å²) in [6, 6.07) is 17.0.